The third kappa shape index (κ3) is 5.40. The predicted molar refractivity (Wildman–Crippen MR) is 106 cm³/mol. The first kappa shape index (κ1) is 22.7. The van der Waals surface area contributed by atoms with Crippen LogP contribution in [0.4, 0.5) is 26.3 Å². The van der Waals surface area contributed by atoms with E-state index in [9.17, 15) is 26.3 Å². The Balaban J connectivity index is 1.79. The Morgan fingerprint density at radius 3 is 1.87 bits per heavy atom. The van der Waals surface area contributed by atoms with Crippen LogP contribution in [0.2, 0.25) is 0 Å². The topological polar surface area (TPSA) is 9.23 Å². The van der Waals surface area contributed by atoms with Crippen molar-refractivity contribution in [3.05, 3.63) is 88.5 Å². The minimum absolute atomic E-state index is 0.0150. The summed E-state index contributed by atoms with van der Waals surface area (Å²) < 4.78 is 87.9. The van der Waals surface area contributed by atoms with Crippen molar-refractivity contribution in [2.75, 3.05) is 0 Å². The van der Waals surface area contributed by atoms with E-state index in [0.29, 0.717) is 18.6 Å². The summed E-state index contributed by atoms with van der Waals surface area (Å²) in [5.74, 6) is -8.13. The van der Waals surface area contributed by atoms with E-state index in [4.69, 9.17) is 4.74 Å². The van der Waals surface area contributed by atoms with Gasteiger partial charge in [0.2, 0.25) is 0 Å². The Bertz CT molecular complexity index is 1030. The summed E-state index contributed by atoms with van der Waals surface area (Å²) in [6.45, 7) is 1.47. The average molecular weight is 438 g/mol. The molecule has 3 rings (SSSR count). The van der Waals surface area contributed by atoms with Gasteiger partial charge in [-0.25, -0.2) is 26.3 Å². The smallest absolute Gasteiger partial charge is 0.194 e. The van der Waals surface area contributed by atoms with Gasteiger partial charge >= 0.3 is 0 Å². The van der Waals surface area contributed by atoms with Crippen LogP contribution >= 0.6 is 0 Å². The molecule has 0 radical (unpaired) electrons. The largest absolute Gasteiger partial charge is 0.483 e. The predicted octanol–water partition coefficient (Wildman–Crippen LogP) is 7.50. The first-order valence-electron chi connectivity index (χ1n) is 9.84. The summed E-state index contributed by atoms with van der Waals surface area (Å²) in [5.41, 5.74) is 0.670. The summed E-state index contributed by atoms with van der Waals surface area (Å²) in [4.78, 5) is 0. The zero-order valence-corrected chi connectivity index (χ0v) is 16.8. The van der Waals surface area contributed by atoms with E-state index in [1.165, 1.54) is 12.1 Å². The lowest BCUT2D eigenvalue weighted by atomic mass is 10.00. The van der Waals surface area contributed by atoms with Crippen LogP contribution in [0.25, 0.3) is 11.1 Å². The zero-order valence-electron chi connectivity index (χ0n) is 16.8. The number of rotatable bonds is 8. The van der Waals surface area contributed by atoms with Crippen molar-refractivity contribution in [2.45, 2.75) is 39.2 Å². The first-order chi connectivity index (χ1) is 14.8. The molecular formula is C24H20F6O. The number of benzene rings is 3. The Labute approximate surface area is 176 Å². The highest BCUT2D eigenvalue weighted by atomic mass is 19.2. The number of hydrogen-bond acceptors (Lipinski definition) is 1. The molecule has 0 amide bonds. The van der Waals surface area contributed by atoms with Crippen LogP contribution in [0.15, 0.2) is 42.5 Å². The summed E-state index contributed by atoms with van der Waals surface area (Å²) >= 11 is 0. The van der Waals surface area contributed by atoms with Gasteiger partial charge in [-0.2, -0.15) is 0 Å². The summed E-state index contributed by atoms with van der Waals surface area (Å²) in [5, 5.41) is 0. The van der Waals surface area contributed by atoms with Gasteiger partial charge in [0.05, 0.1) is 0 Å². The lowest BCUT2D eigenvalue weighted by Gasteiger charge is -2.12. The van der Waals surface area contributed by atoms with Gasteiger partial charge in [0.15, 0.2) is 34.8 Å². The average Bonchev–Trinajstić information content (AvgIpc) is 2.71. The molecule has 0 N–H and O–H groups in total. The van der Waals surface area contributed by atoms with Crippen LogP contribution in [-0.4, -0.2) is 0 Å². The van der Waals surface area contributed by atoms with E-state index < -0.39 is 47.3 Å². The van der Waals surface area contributed by atoms with Gasteiger partial charge in [-0.05, 0) is 59.9 Å². The monoisotopic (exact) mass is 438 g/mol. The molecule has 0 aliphatic heterocycles. The Kier molecular flexibility index (Phi) is 7.25. The number of aryl methyl sites for hydroxylation is 1. The molecular weight excluding hydrogens is 418 g/mol. The van der Waals surface area contributed by atoms with Crippen molar-refractivity contribution in [2.24, 2.45) is 0 Å². The molecule has 0 saturated heterocycles. The van der Waals surface area contributed by atoms with E-state index in [1.807, 2.05) is 0 Å². The Morgan fingerprint density at radius 2 is 1.29 bits per heavy atom. The molecule has 0 heterocycles. The molecule has 0 aliphatic carbocycles. The van der Waals surface area contributed by atoms with Gasteiger partial charge in [0.1, 0.15) is 12.4 Å². The molecule has 3 aromatic carbocycles. The summed E-state index contributed by atoms with van der Waals surface area (Å²) in [7, 11) is 0. The maximum absolute atomic E-state index is 14.5. The second kappa shape index (κ2) is 9.90. The van der Waals surface area contributed by atoms with Crippen LogP contribution in [0.1, 0.15) is 37.3 Å². The molecule has 0 aliphatic rings. The van der Waals surface area contributed by atoms with Crippen LogP contribution in [-0.2, 0) is 13.0 Å². The third-order valence-electron chi connectivity index (χ3n) is 4.84. The van der Waals surface area contributed by atoms with E-state index in [0.717, 1.165) is 37.0 Å². The fraction of sp³-hybridized carbons (Fsp3) is 0.250. The van der Waals surface area contributed by atoms with Gasteiger partial charge in [0.25, 0.3) is 0 Å². The second-order valence-corrected chi connectivity index (χ2v) is 7.20. The van der Waals surface area contributed by atoms with Gasteiger partial charge in [-0.1, -0.05) is 31.9 Å². The highest BCUT2D eigenvalue weighted by Crippen LogP contribution is 2.31. The number of hydrogen-bond donors (Lipinski definition) is 0. The molecule has 0 fully saturated rings. The SMILES string of the molecule is CCCCCc1ccc(-c2cc(F)c(OCc3cc(F)c(F)c(F)c3)c(F)c2)c(F)c1. The summed E-state index contributed by atoms with van der Waals surface area (Å²) in [6, 6.07) is 7.70. The molecule has 0 bridgehead atoms. The van der Waals surface area contributed by atoms with Gasteiger partial charge in [-0.3, -0.25) is 0 Å². The summed E-state index contributed by atoms with van der Waals surface area (Å²) in [6.07, 6.45) is 3.70. The number of unbranched alkanes of at least 4 members (excludes halogenated alkanes) is 2. The van der Waals surface area contributed by atoms with E-state index in [2.05, 4.69) is 6.92 Å². The third-order valence-corrected chi connectivity index (χ3v) is 4.84. The van der Waals surface area contributed by atoms with E-state index in [1.54, 1.807) is 6.07 Å². The van der Waals surface area contributed by atoms with Crippen LogP contribution in [0.3, 0.4) is 0 Å². The van der Waals surface area contributed by atoms with Gasteiger partial charge in [0, 0.05) is 5.56 Å². The van der Waals surface area contributed by atoms with Crippen molar-refractivity contribution >= 4 is 0 Å². The number of ether oxygens (including phenoxy) is 1. The standard InChI is InChI=1S/C24H20F6O/c1-2-3-4-5-14-6-7-17(18(25)8-14)16-11-21(28)24(22(29)12-16)31-13-15-9-19(26)23(30)20(27)10-15/h6-12H,2-5,13H2,1H3. The van der Waals surface area contributed by atoms with Crippen molar-refractivity contribution < 1.29 is 31.1 Å². The molecule has 7 heteroatoms. The quantitative estimate of drug-likeness (QED) is 0.201. The molecule has 0 unspecified atom stereocenters. The first-order valence-corrected chi connectivity index (χ1v) is 9.84. The van der Waals surface area contributed by atoms with Crippen molar-refractivity contribution in [3.63, 3.8) is 0 Å². The Hall–Kier alpha value is -2.96. The second-order valence-electron chi connectivity index (χ2n) is 7.20. The highest BCUT2D eigenvalue weighted by molar-refractivity contribution is 5.65. The molecule has 164 valence electrons. The van der Waals surface area contributed by atoms with Crippen molar-refractivity contribution in [1.29, 1.82) is 0 Å². The molecule has 0 atom stereocenters. The van der Waals surface area contributed by atoms with E-state index in [-0.39, 0.29) is 16.7 Å². The molecule has 0 saturated carbocycles. The minimum atomic E-state index is -1.65. The fourth-order valence-corrected chi connectivity index (χ4v) is 3.23. The van der Waals surface area contributed by atoms with Crippen molar-refractivity contribution in [3.8, 4) is 16.9 Å². The lowest BCUT2D eigenvalue weighted by Crippen LogP contribution is -2.03. The molecule has 31 heavy (non-hydrogen) atoms. The molecule has 1 nitrogen and oxygen atoms in total. The number of halogens is 6. The van der Waals surface area contributed by atoms with E-state index >= 15 is 0 Å². The molecule has 0 aromatic heterocycles. The Morgan fingerprint density at radius 1 is 0.677 bits per heavy atom. The van der Waals surface area contributed by atoms with Gasteiger partial charge < -0.3 is 4.74 Å². The maximum Gasteiger partial charge on any atom is 0.194 e. The van der Waals surface area contributed by atoms with Crippen LogP contribution < -0.4 is 4.74 Å². The van der Waals surface area contributed by atoms with Crippen LogP contribution in [0, 0.1) is 34.9 Å². The molecule has 0 spiro atoms. The van der Waals surface area contributed by atoms with Crippen molar-refractivity contribution in [1.82, 2.24) is 0 Å². The zero-order chi connectivity index (χ0) is 22.5. The lowest BCUT2D eigenvalue weighted by molar-refractivity contribution is 0.272. The van der Waals surface area contributed by atoms with Crippen LogP contribution in [0.5, 0.6) is 5.75 Å². The fourth-order valence-electron chi connectivity index (χ4n) is 3.23. The molecule has 3 aromatic rings. The highest BCUT2D eigenvalue weighted by Gasteiger charge is 2.17. The normalized spacial score (nSPS) is 11.1. The van der Waals surface area contributed by atoms with Gasteiger partial charge in [-0.15, -0.1) is 0 Å². The minimum Gasteiger partial charge on any atom is -0.483 e. The maximum atomic E-state index is 14.5.